The van der Waals surface area contributed by atoms with Crippen molar-refractivity contribution in [2.75, 3.05) is 7.11 Å². The zero-order chi connectivity index (χ0) is 20.0. The zero-order valence-corrected chi connectivity index (χ0v) is 16.1. The molecular weight excluding hydrogens is 368 g/mol. The summed E-state index contributed by atoms with van der Waals surface area (Å²) < 4.78 is 5.07. The van der Waals surface area contributed by atoms with E-state index in [-0.39, 0.29) is 22.9 Å². The zero-order valence-electron chi connectivity index (χ0n) is 16.1. The van der Waals surface area contributed by atoms with E-state index in [0.717, 1.165) is 36.8 Å². The fraction of sp³-hybridized carbons (Fsp3) is 0.364. The van der Waals surface area contributed by atoms with Crippen molar-refractivity contribution in [3.05, 3.63) is 64.3 Å². The lowest BCUT2D eigenvalue weighted by molar-refractivity contribution is -0.0197. The molecule has 2 fully saturated rings. The van der Waals surface area contributed by atoms with E-state index in [0.29, 0.717) is 22.7 Å². The third kappa shape index (κ3) is 3.06. The summed E-state index contributed by atoms with van der Waals surface area (Å²) >= 11 is 0. The van der Waals surface area contributed by atoms with Crippen LogP contribution in [0.3, 0.4) is 0 Å². The summed E-state index contributed by atoms with van der Waals surface area (Å²) in [4.78, 5) is 28.5. The summed E-state index contributed by atoms with van der Waals surface area (Å²) in [5.41, 5.74) is 1.54. The molecular formula is C22H22N4O3. The Morgan fingerprint density at radius 3 is 2.59 bits per heavy atom. The highest BCUT2D eigenvalue weighted by atomic mass is 16.5. The maximum Gasteiger partial charge on any atom is 0.272 e. The monoisotopic (exact) mass is 390 g/mol. The first-order valence-electron chi connectivity index (χ1n) is 9.85. The molecule has 2 aromatic heterocycles. The summed E-state index contributed by atoms with van der Waals surface area (Å²) in [6.07, 6.45) is 5.60. The lowest BCUT2D eigenvalue weighted by atomic mass is 9.49. The number of benzene rings is 1. The van der Waals surface area contributed by atoms with E-state index in [1.165, 1.54) is 0 Å². The van der Waals surface area contributed by atoms with Crippen LogP contribution < -0.4 is 15.6 Å². The minimum absolute atomic E-state index is 0.142. The van der Waals surface area contributed by atoms with Crippen molar-refractivity contribution in [1.29, 1.82) is 0 Å². The smallest absolute Gasteiger partial charge is 0.272 e. The number of methoxy groups -OCH3 is 1. The highest BCUT2D eigenvalue weighted by Crippen LogP contribution is 2.62. The summed E-state index contributed by atoms with van der Waals surface area (Å²) in [7, 11) is 1.57. The summed E-state index contributed by atoms with van der Waals surface area (Å²) in [6, 6.07) is 11.2. The molecule has 1 spiro atoms. The summed E-state index contributed by atoms with van der Waals surface area (Å²) in [5.74, 6) is 0.848. The molecule has 29 heavy (non-hydrogen) atoms. The van der Waals surface area contributed by atoms with E-state index in [4.69, 9.17) is 4.74 Å². The van der Waals surface area contributed by atoms with Crippen molar-refractivity contribution in [1.82, 2.24) is 20.5 Å². The van der Waals surface area contributed by atoms with Gasteiger partial charge in [0.1, 0.15) is 11.4 Å². The van der Waals surface area contributed by atoms with Gasteiger partial charge in [0.25, 0.3) is 11.5 Å². The number of rotatable bonds is 4. The lowest BCUT2D eigenvalue weighted by Gasteiger charge is -2.57. The number of nitrogens with zero attached hydrogens (tertiary/aromatic N) is 2. The topological polar surface area (TPSA) is 97.0 Å². The van der Waals surface area contributed by atoms with Gasteiger partial charge >= 0.3 is 0 Å². The average Bonchev–Trinajstić information content (AvgIpc) is 2.70. The van der Waals surface area contributed by atoms with Gasteiger partial charge in [-0.2, -0.15) is 5.10 Å². The van der Waals surface area contributed by atoms with Crippen LogP contribution in [0.1, 0.15) is 47.8 Å². The Labute approximate surface area is 167 Å². The van der Waals surface area contributed by atoms with Crippen molar-refractivity contribution in [2.45, 2.75) is 37.6 Å². The first kappa shape index (κ1) is 17.8. The SMILES string of the molecule is COc1ccc(C(=O)NC2CC3(C2)CC(c2n[nH]c(=O)c4ccccc24)C3)nc1. The number of hydrogen-bond acceptors (Lipinski definition) is 5. The summed E-state index contributed by atoms with van der Waals surface area (Å²) in [5, 5.41) is 11.7. The molecule has 7 heteroatoms. The van der Waals surface area contributed by atoms with E-state index in [2.05, 4.69) is 20.5 Å². The van der Waals surface area contributed by atoms with Crippen LogP contribution in [0.15, 0.2) is 47.4 Å². The van der Waals surface area contributed by atoms with Gasteiger partial charge in [-0.25, -0.2) is 10.1 Å². The fourth-order valence-electron chi connectivity index (χ4n) is 4.94. The molecule has 3 aromatic rings. The minimum atomic E-state index is -0.142. The number of aromatic amines is 1. The number of aromatic nitrogens is 3. The molecule has 0 radical (unpaired) electrons. The van der Waals surface area contributed by atoms with E-state index < -0.39 is 0 Å². The average molecular weight is 390 g/mol. The molecule has 0 saturated heterocycles. The molecule has 2 N–H and O–H groups in total. The Morgan fingerprint density at radius 1 is 1.14 bits per heavy atom. The molecule has 2 heterocycles. The number of carbonyl (C=O) groups is 1. The highest BCUT2D eigenvalue weighted by molar-refractivity contribution is 5.92. The van der Waals surface area contributed by atoms with Crippen LogP contribution >= 0.6 is 0 Å². The maximum atomic E-state index is 12.4. The van der Waals surface area contributed by atoms with Crippen LogP contribution in [0.25, 0.3) is 10.8 Å². The number of nitrogens with one attached hydrogen (secondary N) is 2. The Morgan fingerprint density at radius 2 is 1.90 bits per heavy atom. The number of fused-ring (bicyclic) bond motifs is 1. The van der Waals surface area contributed by atoms with Gasteiger partial charge in [0.05, 0.1) is 24.4 Å². The Balaban J connectivity index is 1.20. The molecule has 7 nitrogen and oxygen atoms in total. The number of ether oxygens (including phenoxy) is 1. The number of carbonyl (C=O) groups excluding carboxylic acids is 1. The number of amides is 1. The fourth-order valence-corrected chi connectivity index (χ4v) is 4.94. The quantitative estimate of drug-likeness (QED) is 0.714. The van der Waals surface area contributed by atoms with Crippen molar-refractivity contribution in [2.24, 2.45) is 5.41 Å². The van der Waals surface area contributed by atoms with Gasteiger partial charge in [-0.3, -0.25) is 9.59 Å². The molecule has 0 atom stereocenters. The first-order valence-corrected chi connectivity index (χ1v) is 9.85. The molecule has 1 amide bonds. The molecule has 0 aliphatic heterocycles. The highest BCUT2D eigenvalue weighted by Gasteiger charge is 2.54. The molecule has 2 saturated carbocycles. The maximum absolute atomic E-state index is 12.4. The van der Waals surface area contributed by atoms with Gasteiger partial charge in [0.2, 0.25) is 0 Å². The third-order valence-corrected chi connectivity index (χ3v) is 6.37. The number of H-pyrrole nitrogens is 1. The third-order valence-electron chi connectivity index (χ3n) is 6.37. The number of pyridine rings is 1. The molecule has 0 bridgehead atoms. The van der Waals surface area contributed by atoms with Gasteiger partial charge < -0.3 is 10.1 Å². The van der Waals surface area contributed by atoms with Crippen LogP contribution in [0.5, 0.6) is 5.75 Å². The standard InChI is InChI=1S/C22H22N4O3/c1-29-15-6-7-18(23-12-15)21(28)24-14-10-22(11-14)8-13(9-22)19-16-4-2-3-5-17(16)20(27)26-25-19/h2-7,12-14H,8-11H2,1H3,(H,24,28)(H,26,27). The lowest BCUT2D eigenvalue weighted by Crippen LogP contribution is -2.55. The second kappa shape index (κ2) is 6.69. The molecule has 2 aliphatic rings. The molecule has 148 valence electrons. The van der Waals surface area contributed by atoms with E-state index in [1.807, 2.05) is 24.3 Å². The second-order valence-corrected chi connectivity index (χ2v) is 8.25. The van der Waals surface area contributed by atoms with Crippen LogP contribution in [-0.4, -0.2) is 34.2 Å². The van der Waals surface area contributed by atoms with Gasteiger partial charge in [0.15, 0.2) is 0 Å². The van der Waals surface area contributed by atoms with Crippen molar-refractivity contribution < 1.29 is 9.53 Å². The predicted octanol–water partition coefficient (Wildman–Crippen LogP) is 2.78. The molecule has 0 unspecified atom stereocenters. The van der Waals surface area contributed by atoms with E-state index in [9.17, 15) is 9.59 Å². The Hall–Kier alpha value is -3.22. The minimum Gasteiger partial charge on any atom is -0.495 e. The van der Waals surface area contributed by atoms with E-state index >= 15 is 0 Å². The Kier molecular flexibility index (Phi) is 4.12. The summed E-state index contributed by atoms with van der Waals surface area (Å²) in [6.45, 7) is 0. The second-order valence-electron chi connectivity index (χ2n) is 8.25. The van der Waals surface area contributed by atoms with Gasteiger partial charge in [-0.15, -0.1) is 0 Å². The van der Waals surface area contributed by atoms with Gasteiger partial charge in [-0.05, 0) is 49.3 Å². The molecule has 2 aliphatic carbocycles. The number of hydrogen-bond donors (Lipinski definition) is 2. The van der Waals surface area contributed by atoms with Crippen molar-refractivity contribution >= 4 is 16.7 Å². The van der Waals surface area contributed by atoms with Crippen LogP contribution in [-0.2, 0) is 0 Å². The van der Waals surface area contributed by atoms with Crippen molar-refractivity contribution in [3.63, 3.8) is 0 Å². The van der Waals surface area contributed by atoms with Gasteiger partial charge in [-0.1, -0.05) is 18.2 Å². The van der Waals surface area contributed by atoms with Crippen LogP contribution in [0, 0.1) is 5.41 Å². The van der Waals surface area contributed by atoms with Crippen LogP contribution in [0.2, 0.25) is 0 Å². The first-order chi connectivity index (χ1) is 14.1. The van der Waals surface area contributed by atoms with E-state index in [1.54, 1.807) is 25.4 Å². The normalized spacial score (nSPS) is 25.3. The molecule has 5 rings (SSSR count). The van der Waals surface area contributed by atoms with Gasteiger partial charge in [0, 0.05) is 17.3 Å². The predicted molar refractivity (Wildman–Crippen MR) is 108 cm³/mol. The Bertz CT molecular complexity index is 1120. The van der Waals surface area contributed by atoms with Crippen molar-refractivity contribution in [3.8, 4) is 5.75 Å². The largest absolute Gasteiger partial charge is 0.495 e. The van der Waals surface area contributed by atoms with Crippen LogP contribution in [0.4, 0.5) is 0 Å². The molecule has 1 aromatic carbocycles.